The molecule has 0 atom stereocenters. The summed E-state index contributed by atoms with van der Waals surface area (Å²) in [7, 11) is 0. The van der Waals surface area contributed by atoms with Gasteiger partial charge < -0.3 is 19.4 Å². The first-order chi connectivity index (χ1) is 12.0. The SMILES string of the molecule is CCN(CC)CCNC(=O)c1ccc(COc2cc(C)cc(C)c2)o1. The monoisotopic (exact) mass is 344 g/mol. The minimum atomic E-state index is -0.190. The summed E-state index contributed by atoms with van der Waals surface area (Å²) in [6.07, 6.45) is 0. The summed E-state index contributed by atoms with van der Waals surface area (Å²) >= 11 is 0. The van der Waals surface area contributed by atoms with E-state index >= 15 is 0 Å². The van der Waals surface area contributed by atoms with Crippen LogP contribution in [0.1, 0.15) is 41.3 Å². The average Bonchev–Trinajstić information content (AvgIpc) is 3.05. The average molecular weight is 344 g/mol. The highest BCUT2D eigenvalue weighted by Gasteiger charge is 2.11. The number of amides is 1. The summed E-state index contributed by atoms with van der Waals surface area (Å²) in [6.45, 7) is 12.0. The van der Waals surface area contributed by atoms with Crippen LogP contribution in [0.2, 0.25) is 0 Å². The van der Waals surface area contributed by atoms with E-state index in [1.165, 1.54) is 0 Å². The smallest absolute Gasteiger partial charge is 0.287 e. The maximum absolute atomic E-state index is 12.1. The minimum Gasteiger partial charge on any atom is -0.486 e. The molecule has 0 aliphatic rings. The van der Waals surface area contributed by atoms with Crippen LogP contribution in [0.5, 0.6) is 5.75 Å². The lowest BCUT2D eigenvalue weighted by molar-refractivity contribution is 0.0917. The number of ether oxygens (including phenoxy) is 1. The predicted molar refractivity (Wildman–Crippen MR) is 99.1 cm³/mol. The normalized spacial score (nSPS) is 10.9. The minimum absolute atomic E-state index is 0.190. The molecule has 25 heavy (non-hydrogen) atoms. The lowest BCUT2D eigenvalue weighted by Gasteiger charge is -2.17. The Kier molecular flexibility index (Phi) is 7.07. The molecule has 5 heteroatoms. The van der Waals surface area contributed by atoms with Crippen LogP contribution in [0, 0.1) is 13.8 Å². The zero-order valence-electron chi connectivity index (χ0n) is 15.6. The van der Waals surface area contributed by atoms with E-state index in [-0.39, 0.29) is 5.91 Å². The number of aryl methyl sites for hydroxylation is 2. The van der Waals surface area contributed by atoms with Gasteiger partial charge in [0, 0.05) is 13.1 Å². The van der Waals surface area contributed by atoms with Gasteiger partial charge in [-0.3, -0.25) is 4.79 Å². The van der Waals surface area contributed by atoms with Crippen molar-refractivity contribution in [3.8, 4) is 5.75 Å². The number of rotatable bonds is 9. The van der Waals surface area contributed by atoms with Gasteiger partial charge in [0.15, 0.2) is 5.76 Å². The fourth-order valence-corrected chi connectivity index (χ4v) is 2.70. The van der Waals surface area contributed by atoms with Crippen LogP contribution in [-0.4, -0.2) is 37.0 Å². The summed E-state index contributed by atoms with van der Waals surface area (Å²) in [5.74, 6) is 1.57. The first kappa shape index (κ1) is 19.1. The van der Waals surface area contributed by atoms with E-state index in [0.29, 0.717) is 24.7 Å². The second-order valence-electron chi connectivity index (χ2n) is 6.16. The highest BCUT2D eigenvalue weighted by molar-refractivity contribution is 5.91. The van der Waals surface area contributed by atoms with Gasteiger partial charge in [-0.05, 0) is 62.3 Å². The van der Waals surface area contributed by atoms with Crippen LogP contribution in [0.25, 0.3) is 0 Å². The predicted octanol–water partition coefficient (Wildman–Crippen LogP) is 3.55. The van der Waals surface area contributed by atoms with Crippen LogP contribution < -0.4 is 10.1 Å². The number of nitrogens with one attached hydrogen (secondary N) is 1. The van der Waals surface area contributed by atoms with Crippen molar-refractivity contribution in [2.45, 2.75) is 34.3 Å². The number of nitrogens with zero attached hydrogens (tertiary/aromatic N) is 1. The van der Waals surface area contributed by atoms with Crippen molar-refractivity contribution in [1.29, 1.82) is 0 Å². The largest absolute Gasteiger partial charge is 0.486 e. The molecule has 0 spiro atoms. The van der Waals surface area contributed by atoms with Crippen LogP contribution in [-0.2, 0) is 6.61 Å². The molecule has 0 aliphatic carbocycles. The van der Waals surface area contributed by atoms with Gasteiger partial charge in [-0.25, -0.2) is 0 Å². The molecule has 2 aromatic rings. The summed E-state index contributed by atoms with van der Waals surface area (Å²) in [5.41, 5.74) is 2.31. The third kappa shape index (κ3) is 5.94. The molecule has 1 N–H and O–H groups in total. The molecule has 1 amide bonds. The Morgan fingerprint density at radius 1 is 1.12 bits per heavy atom. The fraction of sp³-hybridized carbons (Fsp3) is 0.450. The molecule has 0 bridgehead atoms. The molecule has 1 aromatic carbocycles. The van der Waals surface area contributed by atoms with Crippen LogP contribution in [0.15, 0.2) is 34.7 Å². The molecule has 0 aliphatic heterocycles. The Morgan fingerprint density at radius 2 is 1.80 bits per heavy atom. The molecule has 0 unspecified atom stereocenters. The number of carbonyl (C=O) groups is 1. The van der Waals surface area contributed by atoms with Crippen molar-refractivity contribution >= 4 is 5.91 Å². The highest BCUT2D eigenvalue weighted by atomic mass is 16.5. The lowest BCUT2D eigenvalue weighted by Crippen LogP contribution is -2.34. The Morgan fingerprint density at radius 3 is 2.44 bits per heavy atom. The second kappa shape index (κ2) is 9.28. The summed E-state index contributed by atoms with van der Waals surface area (Å²) in [6, 6.07) is 9.53. The van der Waals surface area contributed by atoms with Gasteiger partial charge >= 0.3 is 0 Å². The highest BCUT2D eigenvalue weighted by Crippen LogP contribution is 2.18. The third-order valence-corrected chi connectivity index (χ3v) is 4.07. The second-order valence-corrected chi connectivity index (χ2v) is 6.16. The zero-order valence-corrected chi connectivity index (χ0v) is 15.6. The van der Waals surface area contributed by atoms with Crippen molar-refractivity contribution in [2.24, 2.45) is 0 Å². The lowest BCUT2D eigenvalue weighted by atomic mass is 10.1. The third-order valence-electron chi connectivity index (χ3n) is 4.07. The van der Waals surface area contributed by atoms with Crippen molar-refractivity contribution in [1.82, 2.24) is 10.2 Å². The number of hydrogen-bond acceptors (Lipinski definition) is 4. The summed E-state index contributed by atoms with van der Waals surface area (Å²) < 4.78 is 11.3. The maximum Gasteiger partial charge on any atom is 0.287 e. The molecule has 0 radical (unpaired) electrons. The Labute approximate surface area is 150 Å². The maximum atomic E-state index is 12.1. The molecular formula is C20H28N2O3. The Hall–Kier alpha value is -2.27. The van der Waals surface area contributed by atoms with Gasteiger partial charge in [-0.2, -0.15) is 0 Å². The van der Waals surface area contributed by atoms with Crippen LogP contribution >= 0.6 is 0 Å². The van der Waals surface area contributed by atoms with Crippen LogP contribution in [0.3, 0.4) is 0 Å². The molecule has 136 valence electrons. The van der Waals surface area contributed by atoms with Gasteiger partial charge in [-0.15, -0.1) is 0 Å². The Balaban J connectivity index is 1.83. The number of carbonyl (C=O) groups excluding carboxylic acids is 1. The van der Waals surface area contributed by atoms with Gasteiger partial charge in [0.25, 0.3) is 5.91 Å². The van der Waals surface area contributed by atoms with Crippen molar-refractivity contribution in [2.75, 3.05) is 26.2 Å². The van der Waals surface area contributed by atoms with E-state index in [4.69, 9.17) is 9.15 Å². The van der Waals surface area contributed by atoms with E-state index in [1.54, 1.807) is 12.1 Å². The van der Waals surface area contributed by atoms with E-state index in [1.807, 2.05) is 26.0 Å². The quantitative estimate of drug-likeness (QED) is 0.756. The molecular weight excluding hydrogens is 316 g/mol. The van der Waals surface area contributed by atoms with Crippen LogP contribution in [0.4, 0.5) is 0 Å². The van der Waals surface area contributed by atoms with E-state index in [0.717, 1.165) is 36.5 Å². The molecule has 2 rings (SSSR count). The number of hydrogen-bond donors (Lipinski definition) is 1. The number of furan rings is 1. The molecule has 0 saturated heterocycles. The summed E-state index contributed by atoms with van der Waals surface area (Å²) in [4.78, 5) is 14.4. The van der Waals surface area contributed by atoms with Gasteiger partial charge in [0.1, 0.15) is 18.1 Å². The number of likely N-dealkylation sites (N-methyl/N-ethyl adjacent to an activating group) is 1. The van der Waals surface area contributed by atoms with E-state index in [2.05, 4.69) is 30.1 Å². The van der Waals surface area contributed by atoms with Gasteiger partial charge in [0.2, 0.25) is 0 Å². The molecule has 0 saturated carbocycles. The standard InChI is InChI=1S/C20H28N2O3/c1-5-22(6-2)10-9-21-20(23)19-8-7-17(25-19)14-24-18-12-15(3)11-16(4)13-18/h7-8,11-13H,5-6,9-10,14H2,1-4H3,(H,21,23). The molecule has 1 heterocycles. The molecule has 1 aromatic heterocycles. The van der Waals surface area contributed by atoms with E-state index < -0.39 is 0 Å². The Bertz CT molecular complexity index is 670. The van der Waals surface area contributed by atoms with Crippen molar-refractivity contribution < 1.29 is 13.9 Å². The van der Waals surface area contributed by atoms with Gasteiger partial charge in [-0.1, -0.05) is 19.9 Å². The van der Waals surface area contributed by atoms with Crippen molar-refractivity contribution in [3.05, 3.63) is 53.0 Å². The zero-order chi connectivity index (χ0) is 18.2. The van der Waals surface area contributed by atoms with Crippen molar-refractivity contribution in [3.63, 3.8) is 0 Å². The van der Waals surface area contributed by atoms with Gasteiger partial charge in [0.05, 0.1) is 0 Å². The number of benzene rings is 1. The first-order valence-corrected chi connectivity index (χ1v) is 8.82. The fourth-order valence-electron chi connectivity index (χ4n) is 2.70. The molecule has 5 nitrogen and oxygen atoms in total. The first-order valence-electron chi connectivity index (χ1n) is 8.82. The molecule has 0 fully saturated rings. The van der Waals surface area contributed by atoms with E-state index in [9.17, 15) is 4.79 Å². The topological polar surface area (TPSA) is 54.7 Å². The summed E-state index contributed by atoms with van der Waals surface area (Å²) in [5, 5.41) is 2.88.